The van der Waals surface area contributed by atoms with Crippen LogP contribution in [0.3, 0.4) is 0 Å². The lowest BCUT2D eigenvalue weighted by molar-refractivity contribution is -0.116. The molecule has 0 atom stereocenters. The molecule has 3 aromatic carbocycles. The normalized spacial score (nSPS) is 11.4. The number of anilines is 1. The fourth-order valence-corrected chi connectivity index (χ4v) is 3.99. The van der Waals surface area contributed by atoms with Gasteiger partial charge in [0.2, 0.25) is 5.91 Å². The van der Waals surface area contributed by atoms with E-state index in [4.69, 9.17) is 9.97 Å². The van der Waals surface area contributed by atoms with Gasteiger partial charge in [0.1, 0.15) is 5.52 Å². The minimum absolute atomic E-state index is 0.0124. The first-order chi connectivity index (χ1) is 14.6. The van der Waals surface area contributed by atoms with Crippen LogP contribution in [0.4, 0.5) is 5.69 Å². The topological polar surface area (TPSA) is 59.8 Å². The van der Waals surface area contributed by atoms with Crippen LogP contribution in [0.1, 0.15) is 17.5 Å². The first kappa shape index (κ1) is 18.3. The maximum Gasteiger partial charge on any atom is 0.226 e. The third-order valence-electron chi connectivity index (χ3n) is 5.48. The summed E-state index contributed by atoms with van der Waals surface area (Å²) in [7, 11) is 0. The van der Waals surface area contributed by atoms with E-state index >= 15 is 0 Å². The van der Waals surface area contributed by atoms with E-state index in [0.29, 0.717) is 13.0 Å². The van der Waals surface area contributed by atoms with E-state index in [0.717, 1.165) is 44.4 Å². The van der Waals surface area contributed by atoms with E-state index in [1.165, 1.54) is 5.56 Å². The smallest absolute Gasteiger partial charge is 0.226 e. The average Bonchev–Trinajstić information content (AvgIpc) is 3.05. The van der Waals surface area contributed by atoms with Crippen LogP contribution in [0.5, 0.6) is 0 Å². The third kappa shape index (κ3) is 3.18. The second-order valence-corrected chi connectivity index (χ2v) is 7.67. The maximum absolute atomic E-state index is 12.7. The lowest BCUT2D eigenvalue weighted by atomic mass is 10.1. The van der Waals surface area contributed by atoms with E-state index in [1.54, 1.807) is 0 Å². The van der Waals surface area contributed by atoms with Crippen molar-refractivity contribution in [3.63, 3.8) is 0 Å². The van der Waals surface area contributed by atoms with Crippen molar-refractivity contribution >= 4 is 44.7 Å². The van der Waals surface area contributed by atoms with E-state index < -0.39 is 0 Å². The lowest BCUT2D eigenvalue weighted by Crippen LogP contribution is -2.15. The molecule has 5 nitrogen and oxygen atoms in total. The quantitative estimate of drug-likeness (QED) is 0.445. The van der Waals surface area contributed by atoms with Crippen LogP contribution in [-0.4, -0.2) is 20.4 Å². The van der Waals surface area contributed by atoms with E-state index in [1.807, 2.05) is 62.4 Å². The molecule has 5 heteroatoms. The fourth-order valence-electron chi connectivity index (χ4n) is 3.99. The number of hydrogen-bond donors (Lipinski definition) is 1. The zero-order chi connectivity index (χ0) is 20.7. The number of nitrogens with one attached hydrogen (secondary N) is 1. The molecule has 1 N–H and O–H groups in total. The fraction of sp³-hybridized carbons (Fsp3) is 0.160. The van der Waals surface area contributed by atoms with Gasteiger partial charge in [-0.05, 0) is 43.7 Å². The number of carbonyl (C=O) groups excluding carboxylic acids is 1. The predicted molar refractivity (Wildman–Crippen MR) is 122 cm³/mol. The highest BCUT2D eigenvalue weighted by atomic mass is 16.1. The monoisotopic (exact) mass is 394 g/mol. The summed E-state index contributed by atoms with van der Waals surface area (Å²) in [5, 5.41) is 4.09. The number of aryl methyl sites for hydroxylation is 3. The number of amides is 1. The summed E-state index contributed by atoms with van der Waals surface area (Å²) in [6.45, 7) is 4.59. The van der Waals surface area contributed by atoms with Gasteiger partial charge >= 0.3 is 0 Å². The largest absolute Gasteiger partial charge is 0.326 e. The molecule has 0 aliphatic heterocycles. The Morgan fingerprint density at radius 1 is 0.933 bits per heavy atom. The average molecular weight is 394 g/mol. The van der Waals surface area contributed by atoms with Gasteiger partial charge in [0.25, 0.3) is 0 Å². The van der Waals surface area contributed by atoms with Crippen LogP contribution in [0.15, 0.2) is 66.7 Å². The van der Waals surface area contributed by atoms with Crippen molar-refractivity contribution < 1.29 is 4.79 Å². The number of benzene rings is 3. The van der Waals surface area contributed by atoms with Crippen LogP contribution in [0, 0.1) is 13.8 Å². The zero-order valence-electron chi connectivity index (χ0n) is 17.0. The van der Waals surface area contributed by atoms with Gasteiger partial charge in [0.05, 0.1) is 16.6 Å². The van der Waals surface area contributed by atoms with Crippen molar-refractivity contribution in [3.05, 3.63) is 77.9 Å². The van der Waals surface area contributed by atoms with Gasteiger partial charge in [-0.15, -0.1) is 0 Å². The number of para-hydroxylation sites is 3. The van der Waals surface area contributed by atoms with Crippen molar-refractivity contribution in [1.82, 2.24) is 14.5 Å². The first-order valence-corrected chi connectivity index (χ1v) is 10.1. The molecule has 0 saturated heterocycles. The molecule has 5 aromatic rings. The summed E-state index contributed by atoms with van der Waals surface area (Å²) >= 11 is 0. The molecule has 2 heterocycles. The van der Waals surface area contributed by atoms with Crippen LogP contribution in [0.2, 0.25) is 0 Å². The Morgan fingerprint density at radius 2 is 1.67 bits per heavy atom. The highest BCUT2D eigenvalue weighted by Crippen LogP contribution is 2.28. The Bertz CT molecular complexity index is 1420. The van der Waals surface area contributed by atoms with Crippen molar-refractivity contribution in [2.45, 2.75) is 26.8 Å². The lowest BCUT2D eigenvalue weighted by Gasteiger charge is -2.10. The van der Waals surface area contributed by atoms with Gasteiger partial charge in [-0.25, -0.2) is 9.97 Å². The molecular weight excluding hydrogens is 372 g/mol. The van der Waals surface area contributed by atoms with Crippen LogP contribution >= 0.6 is 0 Å². The maximum atomic E-state index is 12.7. The molecule has 148 valence electrons. The van der Waals surface area contributed by atoms with Crippen LogP contribution in [-0.2, 0) is 11.3 Å². The SMILES string of the molecule is Cc1ccc(NC(=O)CCn2c3ccccc3c3nc4ccccc4nc32)c(C)c1. The number of hydrogen-bond acceptors (Lipinski definition) is 3. The van der Waals surface area contributed by atoms with E-state index in [-0.39, 0.29) is 5.91 Å². The Balaban J connectivity index is 1.50. The number of rotatable bonds is 4. The standard InChI is InChI=1S/C25H22N4O/c1-16-11-12-19(17(2)15-16)26-23(30)13-14-29-22-10-6-3-7-18(22)24-25(29)28-21-9-5-4-8-20(21)27-24/h3-12,15H,13-14H2,1-2H3,(H,26,30). The van der Waals surface area contributed by atoms with Crippen molar-refractivity contribution in [3.8, 4) is 0 Å². The molecule has 0 aliphatic carbocycles. The van der Waals surface area contributed by atoms with E-state index in [2.05, 4.69) is 28.1 Å². The molecule has 0 radical (unpaired) electrons. The van der Waals surface area contributed by atoms with Gasteiger partial charge in [-0.3, -0.25) is 4.79 Å². The summed E-state index contributed by atoms with van der Waals surface area (Å²) in [5.41, 5.74) is 7.57. The summed E-state index contributed by atoms with van der Waals surface area (Å²) in [6, 6.07) is 22.1. The van der Waals surface area contributed by atoms with Crippen molar-refractivity contribution in [1.29, 1.82) is 0 Å². The second-order valence-electron chi connectivity index (χ2n) is 7.67. The van der Waals surface area contributed by atoms with Gasteiger partial charge in [0, 0.05) is 24.0 Å². The van der Waals surface area contributed by atoms with Crippen LogP contribution in [0.25, 0.3) is 33.1 Å². The summed E-state index contributed by atoms with van der Waals surface area (Å²) < 4.78 is 2.10. The Hall–Kier alpha value is -3.73. The third-order valence-corrected chi connectivity index (χ3v) is 5.48. The molecule has 2 aromatic heterocycles. The van der Waals surface area contributed by atoms with Gasteiger partial charge in [-0.1, -0.05) is 48.0 Å². The molecule has 0 aliphatic rings. The number of nitrogens with zero attached hydrogens (tertiary/aromatic N) is 3. The molecule has 0 spiro atoms. The molecule has 5 rings (SSSR count). The highest BCUT2D eigenvalue weighted by molar-refractivity contribution is 6.06. The van der Waals surface area contributed by atoms with Gasteiger partial charge < -0.3 is 9.88 Å². The molecule has 0 unspecified atom stereocenters. The number of carbonyl (C=O) groups is 1. The number of fused-ring (bicyclic) bond motifs is 4. The van der Waals surface area contributed by atoms with Gasteiger partial charge in [-0.2, -0.15) is 0 Å². The Kier molecular flexibility index (Phi) is 4.43. The molecule has 30 heavy (non-hydrogen) atoms. The second kappa shape index (κ2) is 7.26. The summed E-state index contributed by atoms with van der Waals surface area (Å²) in [4.78, 5) is 22.4. The summed E-state index contributed by atoms with van der Waals surface area (Å²) in [5.74, 6) is -0.0124. The van der Waals surface area contributed by atoms with Crippen LogP contribution < -0.4 is 5.32 Å². The molecule has 1 amide bonds. The van der Waals surface area contributed by atoms with Gasteiger partial charge in [0.15, 0.2) is 5.65 Å². The van der Waals surface area contributed by atoms with Crippen molar-refractivity contribution in [2.75, 3.05) is 5.32 Å². The predicted octanol–water partition coefficient (Wildman–Crippen LogP) is 5.38. The zero-order valence-corrected chi connectivity index (χ0v) is 17.0. The van der Waals surface area contributed by atoms with Crippen molar-refractivity contribution in [2.24, 2.45) is 0 Å². The minimum Gasteiger partial charge on any atom is -0.326 e. The Labute approximate surface area is 174 Å². The highest BCUT2D eigenvalue weighted by Gasteiger charge is 2.15. The molecule has 0 saturated carbocycles. The Morgan fingerprint density at radius 3 is 2.47 bits per heavy atom. The minimum atomic E-state index is -0.0124. The summed E-state index contributed by atoms with van der Waals surface area (Å²) in [6.07, 6.45) is 0.357. The molecule has 0 bridgehead atoms. The molecular formula is C25H22N4O. The number of aromatic nitrogens is 3. The molecule has 0 fully saturated rings. The first-order valence-electron chi connectivity index (χ1n) is 10.1. The van der Waals surface area contributed by atoms with E-state index in [9.17, 15) is 4.79 Å².